The van der Waals surface area contributed by atoms with Gasteiger partial charge in [0.25, 0.3) is 0 Å². The fourth-order valence-corrected chi connectivity index (χ4v) is 2.72. The summed E-state index contributed by atoms with van der Waals surface area (Å²) >= 11 is 5.51. The van der Waals surface area contributed by atoms with Gasteiger partial charge >= 0.3 is 0 Å². The molecule has 0 aromatic heterocycles. The average molecular weight is 397 g/mol. The van der Waals surface area contributed by atoms with E-state index in [1.807, 2.05) is 44.2 Å². The van der Waals surface area contributed by atoms with Gasteiger partial charge in [-0.15, -0.1) is 11.6 Å². The largest absolute Gasteiger partial charge is 0.494 e. The third-order valence-electron chi connectivity index (χ3n) is 4.41. The lowest BCUT2D eigenvalue weighted by Gasteiger charge is -2.27. The molecule has 1 atom stereocenters. The van der Waals surface area contributed by atoms with Gasteiger partial charge in [0.1, 0.15) is 18.5 Å². The standard InChI is InChI=1S/C21H26ClFO4/c1-21(2,15-4-7-18(8-5-15)26-11-3-10-24)16-6-9-20(19(23)12-16)27-14-17(25)13-22/h4-9,12,17,24-25H,3,10-11,13-14H2,1-2H3. The Morgan fingerprint density at radius 3 is 2.33 bits per heavy atom. The summed E-state index contributed by atoms with van der Waals surface area (Å²) in [6.07, 6.45) is -0.247. The Morgan fingerprint density at radius 2 is 1.74 bits per heavy atom. The second kappa shape index (κ2) is 9.93. The summed E-state index contributed by atoms with van der Waals surface area (Å²) in [7, 11) is 0. The normalized spacial score (nSPS) is 12.7. The van der Waals surface area contributed by atoms with E-state index in [1.54, 1.807) is 6.07 Å². The minimum absolute atomic E-state index is 0.0342. The maximum absolute atomic E-state index is 14.4. The molecule has 0 spiro atoms. The summed E-state index contributed by atoms with van der Waals surface area (Å²) in [5, 5.41) is 18.2. The van der Waals surface area contributed by atoms with Crippen LogP contribution in [0, 0.1) is 5.82 Å². The second-order valence-corrected chi connectivity index (χ2v) is 7.15. The maximum atomic E-state index is 14.4. The van der Waals surface area contributed by atoms with E-state index < -0.39 is 17.3 Å². The van der Waals surface area contributed by atoms with Crippen LogP contribution in [-0.4, -0.2) is 42.0 Å². The minimum Gasteiger partial charge on any atom is -0.494 e. The van der Waals surface area contributed by atoms with Crippen molar-refractivity contribution in [3.8, 4) is 11.5 Å². The van der Waals surface area contributed by atoms with E-state index in [9.17, 15) is 9.50 Å². The Bertz CT molecular complexity index is 719. The Kier molecular flexibility index (Phi) is 7.90. The van der Waals surface area contributed by atoms with Gasteiger partial charge in [-0.05, 0) is 35.4 Å². The molecule has 0 aliphatic heterocycles. The smallest absolute Gasteiger partial charge is 0.165 e. The predicted octanol–water partition coefficient (Wildman–Crippen LogP) is 3.89. The van der Waals surface area contributed by atoms with Crippen molar-refractivity contribution < 1.29 is 24.1 Å². The lowest BCUT2D eigenvalue weighted by molar-refractivity contribution is 0.122. The van der Waals surface area contributed by atoms with Crippen molar-refractivity contribution in [2.24, 2.45) is 0 Å². The van der Waals surface area contributed by atoms with Gasteiger partial charge in [0, 0.05) is 18.4 Å². The number of hydrogen-bond donors (Lipinski definition) is 2. The Morgan fingerprint density at radius 1 is 1.07 bits per heavy atom. The maximum Gasteiger partial charge on any atom is 0.165 e. The van der Waals surface area contributed by atoms with Gasteiger partial charge in [-0.25, -0.2) is 4.39 Å². The molecule has 0 radical (unpaired) electrons. The quantitative estimate of drug-likeness (QED) is 0.472. The Balaban J connectivity index is 2.12. The van der Waals surface area contributed by atoms with Crippen LogP contribution in [0.1, 0.15) is 31.4 Å². The third-order valence-corrected chi connectivity index (χ3v) is 4.77. The molecule has 0 aliphatic rings. The van der Waals surface area contributed by atoms with Gasteiger partial charge in [0.2, 0.25) is 0 Å². The molecule has 6 heteroatoms. The topological polar surface area (TPSA) is 58.9 Å². The molecular formula is C21H26ClFO4. The summed E-state index contributed by atoms with van der Waals surface area (Å²) in [5.41, 5.74) is 1.40. The first-order valence-electron chi connectivity index (χ1n) is 8.89. The molecule has 2 rings (SSSR count). The summed E-state index contributed by atoms with van der Waals surface area (Å²) < 4.78 is 25.2. The molecule has 27 heavy (non-hydrogen) atoms. The van der Waals surface area contributed by atoms with Crippen LogP contribution in [0.15, 0.2) is 42.5 Å². The number of aliphatic hydroxyl groups is 2. The molecule has 4 nitrogen and oxygen atoms in total. The average Bonchev–Trinajstić information content (AvgIpc) is 2.67. The molecule has 0 heterocycles. The first-order valence-corrected chi connectivity index (χ1v) is 9.43. The zero-order valence-electron chi connectivity index (χ0n) is 15.6. The van der Waals surface area contributed by atoms with Gasteiger partial charge < -0.3 is 19.7 Å². The molecule has 2 aromatic rings. The lowest BCUT2D eigenvalue weighted by Crippen LogP contribution is -2.21. The highest BCUT2D eigenvalue weighted by atomic mass is 35.5. The summed E-state index contributed by atoms with van der Waals surface area (Å²) in [6, 6.07) is 12.5. The van der Waals surface area contributed by atoms with Crippen molar-refractivity contribution in [3.63, 3.8) is 0 Å². The first kappa shape index (κ1) is 21.5. The molecule has 148 valence electrons. The van der Waals surface area contributed by atoms with Crippen molar-refractivity contribution in [1.82, 2.24) is 0 Å². The van der Waals surface area contributed by atoms with Gasteiger partial charge in [-0.1, -0.05) is 32.0 Å². The summed E-state index contributed by atoms with van der Waals surface area (Å²) in [6.45, 7) is 4.54. The number of alkyl halides is 1. The summed E-state index contributed by atoms with van der Waals surface area (Å²) in [4.78, 5) is 0. The molecule has 0 saturated heterocycles. The molecule has 0 fully saturated rings. The van der Waals surface area contributed by atoms with E-state index in [2.05, 4.69) is 0 Å². The van der Waals surface area contributed by atoms with E-state index >= 15 is 0 Å². The predicted molar refractivity (Wildman–Crippen MR) is 104 cm³/mol. The van der Waals surface area contributed by atoms with Crippen molar-refractivity contribution in [3.05, 3.63) is 59.4 Å². The molecule has 2 aromatic carbocycles. The van der Waals surface area contributed by atoms with E-state index in [0.29, 0.717) is 13.0 Å². The van der Waals surface area contributed by atoms with Crippen LogP contribution in [0.3, 0.4) is 0 Å². The van der Waals surface area contributed by atoms with Crippen molar-refractivity contribution in [1.29, 1.82) is 0 Å². The highest BCUT2D eigenvalue weighted by Gasteiger charge is 2.24. The van der Waals surface area contributed by atoms with Crippen LogP contribution in [0.2, 0.25) is 0 Å². The van der Waals surface area contributed by atoms with E-state index in [4.69, 9.17) is 26.2 Å². The van der Waals surface area contributed by atoms with Crippen LogP contribution in [0.4, 0.5) is 4.39 Å². The van der Waals surface area contributed by atoms with Crippen LogP contribution < -0.4 is 9.47 Å². The molecule has 2 N–H and O–H groups in total. The molecule has 1 unspecified atom stereocenters. The zero-order valence-corrected chi connectivity index (χ0v) is 16.4. The number of hydrogen-bond acceptors (Lipinski definition) is 4. The van der Waals surface area contributed by atoms with Crippen molar-refractivity contribution in [2.75, 3.05) is 25.7 Å². The number of halogens is 2. The fourth-order valence-electron chi connectivity index (χ4n) is 2.63. The zero-order chi connectivity index (χ0) is 19.9. The van der Waals surface area contributed by atoms with Crippen LogP contribution in [0.25, 0.3) is 0 Å². The Hall–Kier alpha value is -1.82. The van der Waals surface area contributed by atoms with Crippen LogP contribution in [-0.2, 0) is 5.41 Å². The molecule has 0 bridgehead atoms. The van der Waals surface area contributed by atoms with Crippen molar-refractivity contribution in [2.45, 2.75) is 31.8 Å². The minimum atomic E-state index is -0.833. The lowest BCUT2D eigenvalue weighted by atomic mass is 9.78. The van der Waals surface area contributed by atoms with Crippen LogP contribution in [0.5, 0.6) is 11.5 Å². The van der Waals surface area contributed by atoms with Gasteiger partial charge in [0.15, 0.2) is 11.6 Å². The molecule has 0 aliphatic carbocycles. The SMILES string of the molecule is CC(C)(c1ccc(OCCCO)cc1)c1ccc(OCC(O)CCl)c(F)c1. The molecular weight excluding hydrogens is 371 g/mol. The second-order valence-electron chi connectivity index (χ2n) is 6.84. The van der Waals surface area contributed by atoms with Gasteiger partial charge in [-0.2, -0.15) is 0 Å². The van der Waals surface area contributed by atoms with Crippen LogP contribution >= 0.6 is 11.6 Å². The van der Waals surface area contributed by atoms with Gasteiger partial charge in [0.05, 0.1) is 12.5 Å². The fraction of sp³-hybridized carbons (Fsp3) is 0.429. The number of benzene rings is 2. The molecule has 0 amide bonds. The van der Waals surface area contributed by atoms with Gasteiger partial charge in [-0.3, -0.25) is 0 Å². The monoisotopic (exact) mass is 396 g/mol. The highest BCUT2D eigenvalue weighted by Crippen LogP contribution is 2.34. The first-order chi connectivity index (χ1) is 12.9. The number of aliphatic hydroxyl groups excluding tert-OH is 2. The summed E-state index contributed by atoms with van der Waals surface area (Å²) in [5.74, 6) is 0.375. The molecule has 0 saturated carbocycles. The Labute approximate surface area is 164 Å². The van der Waals surface area contributed by atoms with E-state index in [1.165, 1.54) is 6.07 Å². The number of ether oxygens (including phenoxy) is 2. The number of rotatable bonds is 10. The van der Waals surface area contributed by atoms with Crippen molar-refractivity contribution >= 4 is 11.6 Å². The van der Waals surface area contributed by atoms with E-state index in [0.717, 1.165) is 16.9 Å². The highest BCUT2D eigenvalue weighted by molar-refractivity contribution is 6.18. The third kappa shape index (κ3) is 5.83. The van der Waals surface area contributed by atoms with E-state index in [-0.39, 0.29) is 24.8 Å².